The summed E-state index contributed by atoms with van der Waals surface area (Å²) in [5.41, 5.74) is 1.81. The van der Waals surface area contributed by atoms with E-state index in [1.807, 2.05) is 12.3 Å². The minimum atomic E-state index is 0.817. The monoisotopic (exact) mass is 148 g/mol. The number of aromatic amines is 1. The topological polar surface area (TPSA) is 54.5 Å². The summed E-state index contributed by atoms with van der Waals surface area (Å²) in [5.74, 6) is 0. The molecule has 56 valence electrons. The van der Waals surface area contributed by atoms with Crippen LogP contribution in [-0.4, -0.2) is 20.4 Å². The second-order valence-electron chi connectivity index (χ2n) is 2.33. The lowest BCUT2D eigenvalue weighted by molar-refractivity contribution is 0.839. The maximum atomic E-state index is 3.92. The standard InChI is InChI=1S/C7H8N4/c1-2-6-5-3-4-8-7(5)10-11-9-6/h3-4H,2H2,1H3,(H,8,9,10). The highest BCUT2D eigenvalue weighted by atomic mass is 15.3. The fourth-order valence-electron chi connectivity index (χ4n) is 1.11. The van der Waals surface area contributed by atoms with Crippen molar-refractivity contribution in [3.05, 3.63) is 18.0 Å². The SMILES string of the molecule is CCc1nnnc2[nH]ccc12. The van der Waals surface area contributed by atoms with E-state index < -0.39 is 0 Å². The number of aryl methyl sites for hydroxylation is 1. The first-order valence-corrected chi connectivity index (χ1v) is 3.57. The quantitative estimate of drug-likeness (QED) is 0.654. The van der Waals surface area contributed by atoms with Crippen LogP contribution < -0.4 is 0 Å². The molecule has 0 unspecified atom stereocenters. The highest BCUT2D eigenvalue weighted by molar-refractivity contribution is 5.76. The van der Waals surface area contributed by atoms with Crippen LogP contribution in [0, 0.1) is 0 Å². The average Bonchev–Trinajstić information content (AvgIpc) is 2.50. The van der Waals surface area contributed by atoms with E-state index in [9.17, 15) is 0 Å². The lowest BCUT2D eigenvalue weighted by Crippen LogP contribution is -1.94. The second kappa shape index (κ2) is 2.30. The first-order valence-electron chi connectivity index (χ1n) is 3.57. The van der Waals surface area contributed by atoms with Gasteiger partial charge in [0.15, 0.2) is 5.65 Å². The Morgan fingerprint density at radius 1 is 1.45 bits per heavy atom. The molecule has 4 nitrogen and oxygen atoms in total. The van der Waals surface area contributed by atoms with Gasteiger partial charge in [0, 0.05) is 11.6 Å². The van der Waals surface area contributed by atoms with Gasteiger partial charge in [-0.15, -0.1) is 10.2 Å². The number of nitrogens with zero attached hydrogens (tertiary/aromatic N) is 3. The zero-order valence-corrected chi connectivity index (χ0v) is 6.20. The molecule has 0 spiro atoms. The summed E-state index contributed by atoms with van der Waals surface area (Å²) in [7, 11) is 0. The summed E-state index contributed by atoms with van der Waals surface area (Å²) in [6.07, 6.45) is 2.74. The smallest absolute Gasteiger partial charge is 0.163 e. The Balaban J connectivity index is 2.79. The Hall–Kier alpha value is -1.45. The van der Waals surface area contributed by atoms with Crippen LogP contribution in [0.1, 0.15) is 12.6 Å². The van der Waals surface area contributed by atoms with Crippen LogP contribution >= 0.6 is 0 Å². The van der Waals surface area contributed by atoms with Crippen LogP contribution in [0.5, 0.6) is 0 Å². The lowest BCUT2D eigenvalue weighted by Gasteiger charge is -1.92. The average molecular weight is 148 g/mol. The van der Waals surface area contributed by atoms with Gasteiger partial charge in [-0.05, 0) is 17.7 Å². The van der Waals surface area contributed by atoms with E-state index in [1.54, 1.807) is 0 Å². The molecule has 0 saturated carbocycles. The van der Waals surface area contributed by atoms with E-state index in [2.05, 4.69) is 27.3 Å². The van der Waals surface area contributed by atoms with E-state index in [0.717, 1.165) is 23.1 Å². The maximum Gasteiger partial charge on any atom is 0.163 e. The predicted octanol–water partition coefficient (Wildman–Crippen LogP) is 0.915. The Morgan fingerprint density at radius 2 is 2.36 bits per heavy atom. The summed E-state index contributed by atoms with van der Waals surface area (Å²) in [4.78, 5) is 2.98. The number of fused-ring (bicyclic) bond motifs is 1. The van der Waals surface area contributed by atoms with Crippen molar-refractivity contribution in [1.29, 1.82) is 0 Å². The van der Waals surface area contributed by atoms with Gasteiger partial charge in [-0.3, -0.25) is 0 Å². The highest BCUT2D eigenvalue weighted by Gasteiger charge is 2.01. The van der Waals surface area contributed by atoms with Crippen LogP contribution in [0.15, 0.2) is 12.3 Å². The first-order chi connectivity index (χ1) is 5.42. The third kappa shape index (κ3) is 0.869. The molecule has 0 bridgehead atoms. The van der Waals surface area contributed by atoms with Crippen molar-refractivity contribution in [3.8, 4) is 0 Å². The molecule has 2 heterocycles. The summed E-state index contributed by atoms with van der Waals surface area (Å²) < 4.78 is 0. The molecule has 2 aromatic heterocycles. The molecular formula is C7H8N4. The molecule has 11 heavy (non-hydrogen) atoms. The maximum absolute atomic E-state index is 3.92. The fourth-order valence-corrected chi connectivity index (χ4v) is 1.11. The number of hydrogen-bond acceptors (Lipinski definition) is 3. The molecule has 0 fully saturated rings. The van der Waals surface area contributed by atoms with E-state index in [0.29, 0.717) is 0 Å². The Morgan fingerprint density at radius 3 is 3.18 bits per heavy atom. The van der Waals surface area contributed by atoms with Gasteiger partial charge in [0.2, 0.25) is 0 Å². The van der Waals surface area contributed by atoms with Crippen LogP contribution in [0.4, 0.5) is 0 Å². The molecule has 0 saturated heterocycles. The Labute approximate surface area is 63.6 Å². The normalized spacial score (nSPS) is 10.6. The summed E-state index contributed by atoms with van der Waals surface area (Å²) >= 11 is 0. The molecule has 4 heteroatoms. The zero-order valence-electron chi connectivity index (χ0n) is 6.20. The molecule has 0 amide bonds. The van der Waals surface area contributed by atoms with Gasteiger partial charge in [0.05, 0.1) is 5.69 Å². The predicted molar refractivity (Wildman–Crippen MR) is 41.1 cm³/mol. The van der Waals surface area contributed by atoms with Gasteiger partial charge in [-0.2, -0.15) is 0 Å². The summed E-state index contributed by atoms with van der Waals surface area (Å²) in [6, 6.07) is 1.97. The van der Waals surface area contributed by atoms with Crippen molar-refractivity contribution in [2.75, 3.05) is 0 Å². The number of hydrogen-bond donors (Lipinski definition) is 1. The molecule has 2 rings (SSSR count). The second-order valence-corrected chi connectivity index (χ2v) is 2.33. The van der Waals surface area contributed by atoms with Gasteiger partial charge >= 0.3 is 0 Å². The zero-order chi connectivity index (χ0) is 7.68. The van der Waals surface area contributed by atoms with Crippen LogP contribution in [0.25, 0.3) is 11.0 Å². The number of rotatable bonds is 1. The molecule has 0 aliphatic rings. The van der Waals surface area contributed by atoms with Gasteiger partial charge in [0.25, 0.3) is 0 Å². The summed E-state index contributed by atoms with van der Waals surface area (Å²) in [6.45, 7) is 2.05. The first kappa shape index (κ1) is 6.27. The largest absolute Gasteiger partial charge is 0.345 e. The van der Waals surface area contributed by atoms with Crippen LogP contribution in [0.2, 0.25) is 0 Å². The van der Waals surface area contributed by atoms with E-state index >= 15 is 0 Å². The van der Waals surface area contributed by atoms with E-state index in [4.69, 9.17) is 0 Å². The minimum absolute atomic E-state index is 0.817. The third-order valence-corrected chi connectivity index (χ3v) is 1.68. The fraction of sp³-hybridized carbons (Fsp3) is 0.286. The van der Waals surface area contributed by atoms with E-state index in [-0.39, 0.29) is 0 Å². The minimum Gasteiger partial charge on any atom is -0.345 e. The Bertz CT molecular complexity index is 365. The van der Waals surface area contributed by atoms with Crippen molar-refractivity contribution < 1.29 is 0 Å². The van der Waals surface area contributed by atoms with Gasteiger partial charge in [0.1, 0.15) is 0 Å². The lowest BCUT2D eigenvalue weighted by atomic mass is 10.2. The molecule has 0 atom stereocenters. The molecule has 0 radical (unpaired) electrons. The molecule has 0 aromatic carbocycles. The number of aromatic nitrogens is 4. The van der Waals surface area contributed by atoms with Crippen LogP contribution in [0.3, 0.4) is 0 Å². The molecule has 0 aliphatic heterocycles. The number of nitrogens with one attached hydrogen (secondary N) is 1. The Kier molecular flexibility index (Phi) is 1.31. The van der Waals surface area contributed by atoms with Crippen molar-refractivity contribution in [2.45, 2.75) is 13.3 Å². The molecule has 0 aliphatic carbocycles. The van der Waals surface area contributed by atoms with Crippen molar-refractivity contribution in [1.82, 2.24) is 20.4 Å². The molecule has 2 aromatic rings. The summed E-state index contributed by atoms with van der Waals surface area (Å²) in [5, 5.41) is 12.4. The third-order valence-electron chi connectivity index (χ3n) is 1.68. The van der Waals surface area contributed by atoms with Gasteiger partial charge in [-0.25, -0.2) is 0 Å². The highest BCUT2D eigenvalue weighted by Crippen LogP contribution is 2.11. The van der Waals surface area contributed by atoms with Crippen molar-refractivity contribution in [2.24, 2.45) is 0 Å². The molecule has 1 N–H and O–H groups in total. The van der Waals surface area contributed by atoms with E-state index in [1.165, 1.54) is 0 Å². The van der Waals surface area contributed by atoms with Gasteiger partial charge < -0.3 is 4.98 Å². The van der Waals surface area contributed by atoms with Crippen molar-refractivity contribution >= 4 is 11.0 Å². The molecular weight excluding hydrogens is 140 g/mol. The van der Waals surface area contributed by atoms with Gasteiger partial charge in [-0.1, -0.05) is 6.92 Å². The number of H-pyrrole nitrogens is 1. The van der Waals surface area contributed by atoms with Crippen molar-refractivity contribution in [3.63, 3.8) is 0 Å². The van der Waals surface area contributed by atoms with Crippen LogP contribution in [-0.2, 0) is 6.42 Å².